The third-order valence-electron chi connectivity index (χ3n) is 2.67. The summed E-state index contributed by atoms with van der Waals surface area (Å²) in [5.74, 6) is 0.910. The van der Waals surface area contributed by atoms with Crippen LogP contribution in [0.15, 0.2) is 24.3 Å². The Balaban J connectivity index is 2.26. The van der Waals surface area contributed by atoms with Crippen LogP contribution < -0.4 is 15.8 Å². The Bertz CT molecular complexity index is 284. The number of nitrogens with one attached hydrogen (secondary N) is 1. The fourth-order valence-corrected chi connectivity index (χ4v) is 1.61. The highest BCUT2D eigenvalue weighted by molar-refractivity contribution is 5.27. The molecule has 90 valence electrons. The molecule has 0 heterocycles. The lowest BCUT2D eigenvalue weighted by molar-refractivity contribution is 0.414. The molecule has 0 amide bonds. The standard InChI is InChI=1S/C13H22N2O/c1-11(7-9-14)15-10-8-12-3-5-13(16-2)6-4-12/h3-6,11,15H,7-10,14H2,1-2H3. The summed E-state index contributed by atoms with van der Waals surface area (Å²) >= 11 is 0. The van der Waals surface area contributed by atoms with Crippen LogP contribution >= 0.6 is 0 Å². The second-order valence-corrected chi connectivity index (χ2v) is 4.03. The molecule has 3 N–H and O–H groups in total. The predicted molar refractivity (Wildman–Crippen MR) is 67.8 cm³/mol. The van der Waals surface area contributed by atoms with Crippen molar-refractivity contribution in [2.24, 2.45) is 5.73 Å². The largest absolute Gasteiger partial charge is 0.497 e. The number of methoxy groups -OCH3 is 1. The van der Waals surface area contributed by atoms with E-state index >= 15 is 0 Å². The Hall–Kier alpha value is -1.06. The van der Waals surface area contributed by atoms with Crippen LogP contribution in [0.2, 0.25) is 0 Å². The monoisotopic (exact) mass is 222 g/mol. The molecule has 0 aliphatic rings. The topological polar surface area (TPSA) is 47.3 Å². The van der Waals surface area contributed by atoms with Crippen molar-refractivity contribution >= 4 is 0 Å². The van der Waals surface area contributed by atoms with Gasteiger partial charge in [-0.3, -0.25) is 0 Å². The van der Waals surface area contributed by atoms with E-state index in [0.29, 0.717) is 6.04 Å². The van der Waals surface area contributed by atoms with E-state index < -0.39 is 0 Å². The summed E-state index contributed by atoms with van der Waals surface area (Å²) in [6, 6.07) is 8.71. The summed E-state index contributed by atoms with van der Waals surface area (Å²) in [6.07, 6.45) is 2.07. The van der Waals surface area contributed by atoms with Gasteiger partial charge in [-0.25, -0.2) is 0 Å². The van der Waals surface area contributed by atoms with E-state index in [2.05, 4.69) is 24.4 Å². The van der Waals surface area contributed by atoms with Crippen molar-refractivity contribution in [2.75, 3.05) is 20.2 Å². The average Bonchev–Trinajstić information content (AvgIpc) is 2.30. The lowest BCUT2D eigenvalue weighted by atomic mass is 10.1. The van der Waals surface area contributed by atoms with Crippen LogP contribution in [0.25, 0.3) is 0 Å². The van der Waals surface area contributed by atoms with E-state index in [-0.39, 0.29) is 0 Å². The smallest absolute Gasteiger partial charge is 0.118 e. The van der Waals surface area contributed by atoms with Gasteiger partial charge in [0, 0.05) is 6.04 Å². The molecule has 0 saturated carbocycles. The zero-order valence-corrected chi connectivity index (χ0v) is 10.2. The molecule has 1 atom stereocenters. The van der Waals surface area contributed by atoms with Gasteiger partial charge in [-0.1, -0.05) is 12.1 Å². The minimum absolute atomic E-state index is 0.503. The molecule has 1 unspecified atom stereocenters. The summed E-state index contributed by atoms with van der Waals surface area (Å²) in [5.41, 5.74) is 6.82. The summed E-state index contributed by atoms with van der Waals surface area (Å²) in [6.45, 7) is 3.91. The van der Waals surface area contributed by atoms with Crippen molar-refractivity contribution in [1.29, 1.82) is 0 Å². The Morgan fingerprint density at radius 3 is 2.56 bits per heavy atom. The highest BCUT2D eigenvalue weighted by Crippen LogP contribution is 2.11. The second-order valence-electron chi connectivity index (χ2n) is 4.03. The highest BCUT2D eigenvalue weighted by Gasteiger charge is 1.99. The maximum atomic E-state index is 5.49. The van der Waals surface area contributed by atoms with Gasteiger partial charge in [-0.05, 0) is 50.6 Å². The lowest BCUT2D eigenvalue weighted by Crippen LogP contribution is -2.30. The van der Waals surface area contributed by atoms with E-state index in [0.717, 1.165) is 31.7 Å². The Kier molecular flexibility index (Phi) is 5.90. The van der Waals surface area contributed by atoms with Gasteiger partial charge in [-0.15, -0.1) is 0 Å². The average molecular weight is 222 g/mol. The molecule has 0 aliphatic heterocycles. The SMILES string of the molecule is COc1ccc(CCNC(C)CCN)cc1. The normalized spacial score (nSPS) is 12.4. The van der Waals surface area contributed by atoms with Crippen LogP contribution in [0.3, 0.4) is 0 Å². The maximum Gasteiger partial charge on any atom is 0.118 e. The first kappa shape index (κ1) is 13.0. The Labute approximate surface area is 98.0 Å². The molecule has 1 aromatic rings. The van der Waals surface area contributed by atoms with Crippen molar-refractivity contribution in [1.82, 2.24) is 5.32 Å². The van der Waals surface area contributed by atoms with Crippen LogP contribution in [-0.4, -0.2) is 26.2 Å². The van der Waals surface area contributed by atoms with E-state index in [1.54, 1.807) is 7.11 Å². The van der Waals surface area contributed by atoms with Gasteiger partial charge in [0.2, 0.25) is 0 Å². The fourth-order valence-electron chi connectivity index (χ4n) is 1.61. The van der Waals surface area contributed by atoms with E-state index in [9.17, 15) is 0 Å². The highest BCUT2D eigenvalue weighted by atomic mass is 16.5. The summed E-state index contributed by atoms with van der Waals surface area (Å²) in [7, 11) is 1.69. The van der Waals surface area contributed by atoms with E-state index in [1.807, 2.05) is 12.1 Å². The first-order valence-electron chi connectivity index (χ1n) is 5.82. The lowest BCUT2D eigenvalue weighted by Gasteiger charge is -2.12. The van der Waals surface area contributed by atoms with Gasteiger partial charge in [0.25, 0.3) is 0 Å². The molecule has 1 rings (SSSR count). The maximum absolute atomic E-state index is 5.49. The van der Waals surface area contributed by atoms with Crippen molar-refractivity contribution in [3.8, 4) is 5.75 Å². The molecular formula is C13H22N2O. The van der Waals surface area contributed by atoms with Crippen molar-refractivity contribution < 1.29 is 4.74 Å². The Morgan fingerprint density at radius 2 is 2.00 bits per heavy atom. The first-order chi connectivity index (χ1) is 7.76. The first-order valence-corrected chi connectivity index (χ1v) is 5.82. The fraction of sp³-hybridized carbons (Fsp3) is 0.538. The minimum Gasteiger partial charge on any atom is -0.497 e. The van der Waals surface area contributed by atoms with Crippen LogP contribution in [-0.2, 0) is 6.42 Å². The van der Waals surface area contributed by atoms with Crippen molar-refractivity contribution in [2.45, 2.75) is 25.8 Å². The van der Waals surface area contributed by atoms with Crippen molar-refractivity contribution in [3.05, 3.63) is 29.8 Å². The van der Waals surface area contributed by atoms with Gasteiger partial charge in [0.05, 0.1) is 7.11 Å². The quantitative estimate of drug-likeness (QED) is 0.736. The van der Waals surface area contributed by atoms with E-state index in [1.165, 1.54) is 5.56 Å². The third-order valence-corrected chi connectivity index (χ3v) is 2.67. The van der Waals surface area contributed by atoms with Gasteiger partial charge in [0.1, 0.15) is 5.75 Å². The number of rotatable bonds is 7. The molecule has 16 heavy (non-hydrogen) atoms. The molecular weight excluding hydrogens is 200 g/mol. The van der Waals surface area contributed by atoms with Crippen LogP contribution in [0.4, 0.5) is 0 Å². The molecule has 0 spiro atoms. The van der Waals surface area contributed by atoms with Crippen molar-refractivity contribution in [3.63, 3.8) is 0 Å². The van der Waals surface area contributed by atoms with Crippen LogP contribution in [0.5, 0.6) is 5.75 Å². The van der Waals surface area contributed by atoms with Crippen LogP contribution in [0, 0.1) is 0 Å². The van der Waals surface area contributed by atoms with Gasteiger partial charge in [-0.2, -0.15) is 0 Å². The van der Waals surface area contributed by atoms with E-state index in [4.69, 9.17) is 10.5 Å². The number of hydrogen-bond acceptors (Lipinski definition) is 3. The zero-order chi connectivity index (χ0) is 11.8. The second kappa shape index (κ2) is 7.25. The molecule has 0 aromatic heterocycles. The Morgan fingerprint density at radius 1 is 1.31 bits per heavy atom. The number of ether oxygens (including phenoxy) is 1. The minimum atomic E-state index is 0.503. The van der Waals surface area contributed by atoms with Gasteiger partial charge in [0.15, 0.2) is 0 Å². The summed E-state index contributed by atoms with van der Waals surface area (Å²) in [5, 5.41) is 3.45. The summed E-state index contributed by atoms with van der Waals surface area (Å²) < 4.78 is 5.11. The predicted octanol–water partition coefficient (Wildman–Crippen LogP) is 1.56. The molecule has 3 nitrogen and oxygen atoms in total. The number of benzene rings is 1. The van der Waals surface area contributed by atoms with Gasteiger partial charge >= 0.3 is 0 Å². The molecule has 0 fully saturated rings. The molecule has 0 radical (unpaired) electrons. The number of nitrogens with two attached hydrogens (primary N) is 1. The molecule has 1 aromatic carbocycles. The van der Waals surface area contributed by atoms with Gasteiger partial charge < -0.3 is 15.8 Å². The third kappa shape index (κ3) is 4.64. The molecule has 0 aliphatic carbocycles. The molecule has 0 saturated heterocycles. The molecule has 0 bridgehead atoms. The zero-order valence-electron chi connectivity index (χ0n) is 10.2. The molecule has 3 heteroatoms. The van der Waals surface area contributed by atoms with Crippen LogP contribution in [0.1, 0.15) is 18.9 Å². The number of hydrogen-bond donors (Lipinski definition) is 2. The summed E-state index contributed by atoms with van der Waals surface area (Å²) in [4.78, 5) is 0.